The monoisotopic (exact) mass is 567 g/mol. The number of hydrazine groups is 1. The highest BCUT2D eigenvalue weighted by atomic mass is 16.6. The van der Waals surface area contributed by atoms with E-state index in [1.165, 1.54) is 36.4 Å². The third kappa shape index (κ3) is 4.72. The second kappa shape index (κ2) is 10.7. The molecule has 0 N–H and O–H groups in total. The van der Waals surface area contributed by atoms with Crippen LogP contribution in [-0.2, 0) is 9.59 Å². The van der Waals surface area contributed by atoms with Crippen LogP contribution in [0.5, 0.6) is 5.75 Å². The minimum Gasteiger partial charge on any atom is -0.423 e. The lowest BCUT2D eigenvalue weighted by molar-refractivity contribution is -0.384. The molecule has 2 saturated carbocycles. The standard InChI is InChI=1S/C31H25N3O8/c35-25(18-10-14-24(15-11-18)42-31(39)20-4-2-1-3-5-20)17-32(28(36)19-8-12-23(13-9-19)34(40)41)33-29(37)26-21-6-7-22(16-21)27(26)30(33)38/h1-5,8-15,21-22,26-27H,6-7,16-17H2/t21-,22-,26-,27-/m0/s1. The maximum Gasteiger partial charge on any atom is 0.343 e. The smallest absolute Gasteiger partial charge is 0.343 e. The second-order valence-electron chi connectivity index (χ2n) is 10.7. The van der Waals surface area contributed by atoms with Gasteiger partial charge in [0.25, 0.3) is 23.4 Å². The van der Waals surface area contributed by atoms with Crippen molar-refractivity contribution in [3.05, 3.63) is 106 Å². The molecular weight excluding hydrogens is 542 g/mol. The Morgan fingerprint density at radius 3 is 1.95 bits per heavy atom. The first kappa shape index (κ1) is 27.0. The average Bonchev–Trinajstić information content (AvgIpc) is 3.70. The van der Waals surface area contributed by atoms with Crippen LogP contribution < -0.4 is 4.74 Å². The summed E-state index contributed by atoms with van der Waals surface area (Å²) in [7, 11) is 0. The van der Waals surface area contributed by atoms with Gasteiger partial charge in [-0.3, -0.25) is 29.3 Å². The first-order chi connectivity index (χ1) is 20.2. The topological polar surface area (TPSA) is 144 Å². The molecular formula is C31H25N3O8. The van der Waals surface area contributed by atoms with Crippen LogP contribution in [0.2, 0.25) is 0 Å². The Bertz CT molecular complexity index is 1580. The van der Waals surface area contributed by atoms with Gasteiger partial charge in [0.15, 0.2) is 5.78 Å². The molecule has 212 valence electrons. The van der Waals surface area contributed by atoms with Gasteiger partial charge in [-0.1, -0.05) is 18.2 Å². The van der Waals surface area contributed by atoms with Crippen LogP contribution in [0.3, 0.4) is 0 Å². The summed E-state index contributed by atoms with van der Waals surface area (Å²) in [6.45, 7) is -0.620. The van der Waals surface area contributed by atoms with Crippen LogP contribution in [-0.4, -0.2) is 51.0 Å². The molecule has 11 heteroatoms. The summed E-state index contributed by atoms with van der Waals surface area (Å²) >= 11 is 0. The van der Waals surface area contributed by atoms with Gasteiger partial charge >= 0.3 is 5.97 Å². The first-order valence-corrected chi connectivity index (χ1v) is 13.6. The number of ether oxygens (including phenoxy) is 1. The second-order valence-corrected chi connectivity index (χ2v) is 10.7. The van der Waals surface area contributed by atoms with Crippen LogP contribution in [0.1, 0.15) is 50.3 Å². The minimum absolute atomic E-state index is 0.0165. The number of esters is 1. The molecule has 11 nitrogen and oxygen atoms in total. The zero-order valence-corrected chi connectivity index (χ0v) is 22.3. The largest absolute Gasteiger partial charge is 0.423 e. The van der Waals surface area contributed by atoms with Crippen molar-refractivity contribution < 1.29 is 33.6 Å². The lowest BCUT2D eigenvalue weighted by atomic mass is 9.81. The number of hydrogen-bond acceptors (Lipinski definition) is 8. The van der Waals surface area contributed by atoms with Crippen molar-refractivity contribution in [2.24, 2.45) is 23.7 Å². The van der Waals surface area contributed by atoms with Crippen molar-refractivity contribution in [2.45, 2.75) is 19.3 Å². The van der Waals surface area contributed by atoms with Crippen molar-refractivity contribution in [3.8, 4) is 5.75 Å². The molecule has 42 heavy (non-hydrogen) atoms. The number of Topliss-reactive ketones (excluding diaryl/α,β-unsaturated/α-hetero) is 1. The number of ketones is 1. The van der Waals surface area contributed by atoms with Crippen molar-refractivity contribution in [3.63, 3.8) is 0 Å². The van der Waals surface area contributed by atoms with Crippen LogP contribution >= 0.6 is 0 Å². The number of hydrogen-bond donors (Lipinski definition) is 0. The Morgan fingerprint density at radius 2 is 1.38 bits per heavy atom. The van der Waals surface area contributed by atoms with Crippen molar-refractivity contribution >= 4 is 35.2 Å². The van der Waals surface area contributed by atoms with E-state index >= 15 is 0 Å². The van der Waals surface area contributed by atoms with Crippen LogP contribution in [0, 0.1) is 33.8 Å². The summed E-state index contributed by atoms with van der Waals surface area (Å²) in [6.07, 6.45) is 2.49. The molecule has 0 aromatic heterocycles. The first-order valence-electron chi connectivity index (χ1n) is 13.6. The van der Waals surface area contributed by atoms with Crippen LogP contribution in [0.25, 0.3) is 0 Å². The molecule has 6 rings (SSSR count). The number of imide groups is 1. The van der Waals surface area contributed by atoms with Gasteiger partial charge in [0.05, 0.1) is 22.3 Å². The van der Waals surface area contributed by atoms with Gasteiger partial charge in [-0.2, -0.15) is 5.01 Å². The molecule has 1 saturated heterocycles. The van der Waals surface area contributed by atoms with Crippen molar-refractivity contribution in [2.75, 3.05) is 6.54 Å². The molecule has 1 aliphatic heterocycles. The predicted molar refractivity (Wildman–Crippen MR) is 146 cm³/mol. The zero-order valence-electron chi connectivity index (χ0n) is 22.3. The number of nitro groups is 1. The molecule has 4 atom stereocenters. The third-order valence-corrected chi connectivity index (χ3v) is 8.39. The Hall–Kier alpha value is -5.19. The summed E-state index contributed by atoms with van der Waals surface area (Å²) in [4.78, 5) is 77.0. The number of nitrogens with zero attached hydrogens (tertiary/aromatic N) is 3. The van der Waals surface area contributed by atoms with Gasteiger partial charge in [-0.25, -0.2) is 9.80 Å². The minimum atomic E-state index is -0.805. The molecule has 3 aliphatic rings. The normalized spacial score (nSPS) is 22.1. The number of carbonyl (C=O) groups is 5. The van der Waals surface area contributed by atoms with Crippen molar-refractivity contribution in [1.29, 1.82) is 0 Å². The number of nitro benzene ring substituents is 1. The summed E-state index contributed by atoms with van der Waals surface area (Å²) in [5, 5.41) is 12.8. The summed E-state index contributed by atoms with van der Waals surface area (Å²) in [5.41, 5.74) is 0.269. The molecule has 2 aliphatic carbocycles. The molecule has 1 heterocycles. The van der Waals surface area contributed by atoms with E-state index in [-0.39, 0.29) is 34.4 Å². The fraction of sp³-hybridized carbons (Fsp3) is 0.258. The van der Waals surface area contributed by atoms with E-state index in [4.69, 9.17) is 4.74 Å². The predicted octanol–water partition coefficient (Wildman–Crippen LogP) is 4.09. The summed E-state index contributed by atoms with van der Waals surface area (Å²) < 4.78 is 5.36. The number of non-ortho nitro benzene ring substituents is 1. The fourth-order valence-electron chi connectivity index (χ4n) is 6.42. The summed E-state index contributed by atoms with van der Waals surface area (Å²) in [5.74, 6) is -3.62. The number of amides is 3. The van der Waals surface area contributed by atoms with Gasteiger partial charge in [0, 0.05) is 23.3 Å². The van der Waals surface area contributed by atoms with Gasteiger partial charge in [0.2, 0.25) is 0 Å². The highest BCUT2D eigenvalue weighted by molar-refractivity contribution is 6.10. The lowest BCUT2D eigenvalue weighted by Crippen LogP contribution is -2.52. The van der Waals surface area contributed by atoms with Gasteiger partial charge in [0.1, 0.15) is 12.3 Å². The van der Waals surface area contributed by atoms with E-state index in [2.05, 4.69) is 0 Å². The molecule has 0 unspecified atom stereocenters. The number of fused-ring (bicyclic) bond motifs is 5. The Kier molecular flexibility index (Phi) is 6.85. The van der Waals surface area contributed by atoms with E-state index in [0.717, 1.165) is 41.4 Å². The highest BCUT2D eigenvalue weighted by Gasteiger charge is 2.62. The quantitative estimate of drug-likeness (QED) is 0.0989. The molecule has 3 aromatic rings. The third-order valence-electron chi connectivity index (χ3n) is 8.39. The fourth-order valence-corrected chi connectivity index (χ4v) is 6.42. The molecule has 3 fully saturated rings. The Balaban J connectivity index is 1.25. The molecule has 3 amide bonds. The maximum atomic E-state index is 13.7. The van der Waals surface area contributed by atoms with Crippen molar-refractivity contribution in [1.82, 2.24) is 10.0 Å². The van der Waals surface area contributed by atoms with Gasteiger partial charge < -0.3 is 4.74 Å². The Labute approximate surface area is 239 Å². The number of rotatable bonds is 8. The maximum absolute atomic E-state index is 13.7. The zero-order chi connectivity index (χ0) is 29.5. The van der Waals surface area contributed by atoms with E-state index in [1.54, 1.807) is 30.3 Å². The van der Waals surface area contributed by atoms with E-state index in [1.807, 2.05) is 0 Å². The number of benzene rings is 3. The molecule has 0 spiro atoms. The van der Waals surface area contributed by atoms with Gasteiger partial charge in [-0.15, -0.1) is 0 Å². The van der Waals surface area contributed by atoms with E-state index in [9.17, 15) is 34.1 Å². The summed E-state index contributed by atoms with van der Waals surface area (Å²) in [6, 6.07) is 18.9. The molecule has 0 radical (unpaired) electrons. The molecule has 3 aromatic carbocycles. The average molecular weight is 568 g/mol. The molecule has 2 bridgehead atoms. The van der Waals surface area contributed by atoms with Gasteiger partial charge in [-0.05, 0) is 79.6 Å². The number of carbonyl (C=O) groups excluding carboxylic acids is 5. The SMILES string of the molecule is O=C(CN(C(=O)c1ccc([N+](=O)[O-])cc1)N1C(=O)[C@H]2[C@H]3CC[C@@H](C3)[C@@H]2C1=O)c1ccc(OC(=O)c2ccccc2)cc1. The Morgan fingerprint density at radius 1 is 0.810 bits per heavy atom. The van der Waals surface area contributed by atoms with Crippen LogP contribution in [0.15, 0.2) is 78.9 Å². The van der Waals surface area contributed by atoms with Crippen LogP contribution in [0.4, 0.5) is 5.69 Å². The van der Waals surface area contributed by atoms with E-state index < -0.39 is 52.8 Å². The highest BCUT2D eigenvalue weighted by Crippen LogP contribution is 2.56. The lowest BCUT2D eigenvalue weighted by Gasteiger charge is -2.30. The van der Waals surface area contributed by atoms with E-state index in [0.29, 0.717) is 5.56 Å².